The van der Waals surface area contributed by atoms with Gasteiger partial charge in [0, 0.05) is 50.4 Å². The molecular weight excluding hydrogens is 432 g/mol. The summed E-state index contributed by atoms with van der Waals surface area (Å²) in [7, 11) is -3.83. The van der Waals surface area contributed by atoms with Gasteiger partial charge in [-0.05, 0) is 43.9 Å². The summed E-state index contributed by atoms with van der Waals surface area (Å²) in [6.45, 7) is 2.13. The van der Waals surface area contributed by atoms with Crippen molar-refractivity contribution in [1.82, 2.24) is 18.9 Å². The van der Waals surface area contributed by atoms with Crippen molar-refractivity contribution in [1.29, 1.82) is 0 Å². The minimum absolute atomic E-state index is 0.0142. The van der Waals surface area contributed by atoms with E-state index in [2.05, 4.69) is 10.2 Å². The van der Waals surface area contributed by atoms with Gasteiger partial charge in [0.05, 0.1) is 10.6 Å². The van der Waals surface area contributed by atoms with Crippen LogP contribution in [0, 0.1) is 10.1 Å². The number of pyridine rings is 1. The highest BCUT2D eigenvalue weighted by Gasteiger charge is 2.34. The maximum Gasteiger partial charge on any atom is 0.270 e. The number of non-ortho nitro benzene ring substituents is 1. The maximum atomic E-state index is 13.4. The van der Waals surface area contributed by atoms with Crippen molar-refractivity contribution in [2.45, 2.75) is 36.5 Å². The Balaban J connectivity index is 1.53. The molecule has 4 heterocycles. The first kappa shape index (κ1) is 20.8. The van der Waals surface area contributed by atoms with Gasteiger partial charge in [0.15, 0.2) is 5.65 Å². The molecule has 32 heavy (non-hydrogen) atoms. The van der Waals surface area contributed by atoms with Gasteiger partial charge in [-0.25, -0.2) is 8.42 Å². The predicted octanol–water partition coefficient (Wildman–Crippen LogP) is 2.81. The lowest BCUT2D eigenvalue weighted by atomic mass is 9.96. The number of benzene rings is 1. The lowest BCUT2D eigenvalue weighted by molar-refractivity contribution is -0.385. The summed E-state index contributed by atoms with van der Waals surface area (Å²) in [4.78, 5) is 12.9. The molecule has 0 spiro atoms. The van der Waals surface area contributed by atoms with E-state index >= 15 is 0 Å². The van der Waals surface area contributed by atoms with Crippen LogP contribution >= 0.6 is 0 Å². The van der Waals surface area contributed by atoms with Crippen LogP contribution in [0.4, 0.5) is 11.4 Å². The zero-order valence-corrected chi connectivity index (χ0v) is 18.3. The van der Waals surface area contributed by atoms with Crippen LogP contribution in [0.15, 0.2) is 47.5 Å². The van der Waals surface area contributed by atoms with E-state index in [4.69, 9.17) is 0 Å². The molecular formula is C21H24N6O4S. The van der Waals surface area contributed by atoms with Gasteiger partial charge in [0.2, 0.25) is 10.0 Å². The van der Waals surface area contributed by atoms with Crippen molar-refractivity contribution in [2.75, 3.05) is 31.1 Å². The van der Waals surface area contributed by atoms with Gasteiger partial charge in [0.25, 0.3) is 5.69 Å². The number of rotatable bonds is 5. The fourth-order valence-corrected chi connectivity index (χ4v) is 6.44. The summed E-state index contributed by atoms with van der Waals surface area (Å²) in [5, 5.41) is 20.0. The van der Waals surface area contributed by atoms with E-state index in [1.807, 2.05) is 33.7 Å². The molecule has 1 atom stereocenters. The summed E-state index contributed by atoms with van der Waals surface area (Å²) in [5.74, 6) is 0.912. The molecule has 1 aromatic carbocycles. The lowest BCUT2D eigenvalue weighted by Gasteiger charge is -2.35. The molecule has 3 aromatic rings. The van der Waals surface area contributed by atoms with Crippen LogP contribution in [-0.4, -0.2) is 58.4 Å². The van der Waals surface area contributed by atoms with Crippen LogP contribution in [-0.2, 0) is 10.0 Å². The monoisotopic (exact) mass is 456 g/mol. The first-order valence-electron chi connectivity index (χ1n) is 10.8. The Morgan fingerprint density at radius 3 is 2.62 bits per heavy atom. The number of nitrogens with zero attached hydrogens (tertiary/aromatic N) is 6. The summed E-state index contributed by atoms with van der Waals surface area (Å²) in [6.07, 6.45) is 5.29. The van der Waals surface area contributed by atoms with Crippen molar-refractivity contribution in [3.8, 4) is 0 Å². The number of hydrogen-bond donors (Lipinski definition) is 0. The molecule has 0 saturated carbocycles. The molecule has 11 heteroatoms. The number of piperidine rings is 1. The zero-order valence-electron chi connectivity index (χ0n) is 17.5. The average molecular weight is 457 g/mol. The molecule has 10 nitrogen and oxygen atoms in total. The minimum atomic E-state index is -3.83. The van der Waals surface area contributed by atoms with Crippen LogP contribution in [0.25, 0.3) is 5.65 Å². The maximum absolute atomic E-state index is 13.4. The Labute approximate surface area is 185 Å². The van der Waals surface area contributed by atoms with E-state index in [0.29, 0.717) is 31.9 Å². The second kappa shape index (κ2) is 8.14. The van der Waals surface area contributed by atoms with E-state index in [-0.39, 0.29) is 16.5 Å². The van der Waals surface area contributed by atoms with Crippen molar-refractivity contribution in [3.63, 3.8) is 0 Å². The fraction of sp³-hybridized carbons (Fsp3) is 0.429. The number of nitro groups is 1. The second-order valence-electron chi connectivity index (χ2n) is 8.29. The Kier molecular flexibility index (Phi) is 5.30. The number of aromatic nitrogens is 3. The molecule has 2 aliphatic heterocycles. The van der Waals surface area contributed by atoms with Gasteiger partial charge in [-0.15, -0.1) is 10.2 Å². The Hall–Kier alpha value is -3.05. The number of hydrogen-bond acceptors (Lipinski definition) is 7. The van der Waals surface area contributed by atoms with Gasteiger partial charge < -0.3 is 4.90 Å². The molecule has 0 aliphatic carbocycles. The number of sulfonamides is 1. The van der Waals surface area contributed by atoms with Crippen molar-refractivity contribution < 1.29 is 13.3 Å². The topological polar surface area (TPSA) is 114 Å². The molecule has 2 saturated heterocycles. The van der Waals surface area contributed by atoms with E-state index in [0.717, 1.165) is 37.2 Å². The van der Waals surface area contributed by atoms with Gasteiger partial charge in [-0.1, -0.05) is 6.07 Å². The van der Waals surface area contributed by atoms with Gasteiger partial charge in [-0.3, -0.25) is 14.5 Å². The summed E-state index contributed by atoms with van der Waals surface area (Å²) < 4.78 is 30.2. The largest absolute Gasteiger partial charge is 0.370 e. The standard InChI is InChI=1S/C21H24N6O4S/c28-27(29)17-8-9-18(19(14-17)32(30,31)25-11-3-4-12-25)24-10-5-6-16(15-24)21-23-22-20-7-1-2-13-26(20)21/h1-2,7-9,13-14,16H,3-6,10-12,15H2. The SMILES string of the molecule is O=[N+]([O-])c1ccc(N2CCCC(c3nnc4ccccn34)C2)c(S(=O)(=O)N2CCCC2)c1. The molecule has 0 N–H and O–H groups in total. The van der Waals surface area contributed by atoms with Crippen molar-refractivity contribution in [2.24, 2.45) is 0 Å². The van der Waals surface area contributed by atoms with E-state index < -0.39 is 14.9 Å². The molecule has 0 bridgehead atoms. The highest BCUT2D eigenvalue weighted by atomic mass is 32.2. The predicted molar refractivity (Wildman–Crippen MR) is 118 cm³/mol. The quantitative estimate of drug-likeness (QED) is 0.428. The van der Waals surface area contributed by atoms with Crippen LogP contribution in [0.1, 0.15) is 37.4 Å². The Morgan fingerprint density at radius 2 is 1.84 bits per heavy atom. The zero-order chi connectivity index (χ0) is 22.3. The molecule has 0 radical (unpaired) electrons. The normalized spacial score (nSPS) is 20.1. The molecule has 1 unspecified atom stereocenters. The van der Waals surface area contributed by atoms with E-state index in [1.54, 1.807) is 6.07 Å². The Bertz CT molecular complexity index is 1270. The highest BCUT2D eigenvalue weighted by Crippen LogP contribution is 2.36. The first-order chi connectivity index (χ1) is 15.4. The van der Waals surface area contributed by atoms with Gasteiger partial charge in [0.1, 0.15) is 10.7 Å². The van der Waals surface area contributed by atoms with Crippen molar-refractivity contribution in [3.05, 3.63) is 58.5 Å². The Morgan fingerprint density at radius 1 is 1.03 bits per heavy atom. The third-order valence-electron chi connectivity index (χ3n) is 6.30. The molecule has 5 rings (SSSR count). The average Bonchev–Trinajstić information content (AvgIpc) is 3.49. The second-order valence-corrected chi connectivity index (χ2v) is 10.2. The van der Waals surface area contributed by atoms with Gasteiger partial charge >= 0.3 is 0 Å². The number of anilines is 1. The van der Waals surface area contributed by atoms with E-state index in [1.165, 1.54) is 16.4 Å². The summed E-state index contributed by atoms with van der Waals surface area (Å²) in [5.41, 5.74) is 1.07. The van der Waals surface area contributed by atoms with Crippen LogP contribution in [0.2, 0.25) is 0 Å². The van der Waals surface area contributed by atoms with Crippen molar-refractivity contribution >= 4 is 27.0 Å². The molecule has 0 amide bonds. The van der Waals surface area contributed by atoms with Crippen LogP contribution in [0.5, 0.6) is 0 Å². The van der Waals surface area contributed by atoms with Gasteiger partial charge in [-0.2, -0.15) is 4.31 Å². The van der Waals surface area contributed by atoms with E-state index in [9.17, 15) is 18.5 Å². The molecule has 2 aromatic heterocycles. The highest BCUT2D eigenvalue weighted by molar-refractivity contribution is 7.89. The van der Waals surface area contributed by atoms with Crippen LogP contribution in [0.3, 0.4) is 0 Å². The third-order valence-corrected chi connectivity index (χ3v) is 8.23. The number of nitro benzene ring substituents is 1. The summed E-state index contributed by atoms with van der Waals surface area (Å²) >= 11 is 0. The minimum Gasteiger partial charge on any atom is -0.370 e. The number of fused-ring (bicyclic) bond motifs is 1. The smallest absolute Gasteiger partial charge is 0.270 e. The third kappa shape index (κ3) is 3.61. The first-order valence-corrected chi connectivity index (χ1v) is 12.2. The molecule has 2 fully saturated rings. The molecule has 2 aliphatic rings. The fourth-order valence-electron chi connectivity index (χ4n) is 4.70. The molecule has 168 valence electrons. The lowest BCUT2D eigenvalue weighted by Crippen LogP contribution is -2.37. The van der Waals surface area contributed by atoms with Crippen LogP contribution < -0.4 is 4.90 Å². The summed E-state index contributed by atoms with van der Waals surface area (Å²) in [6, 6.07) is 9.90.